The van der Waals surface area contributed by atoms with E-state index >= 15 is 0 Å². The summed E-state index contributed by atoms with van der Waals surface area (Å²) in [6, 6.07) is 0.236. The molecule has 0 aliphatic heterocycles. The number of rotatable bonds is 6. The molecule has 1 aromatic heterocycles. The molecular formula is C13H19BrN2O2. The van der Waals surface area contributed by atoms with E-state index in [0.29, 0.717) is 6.54 Å². The van der Waals surface area contributed by atoms with Gasteiger partial charge in [-0.3, -0.25) is 14.7 Å². The normalized spacial score (nSPS) is 12.7. The van der Waals surface area contributed by atoms with Crippen molar-refractivity contribution in [1.29, 1.82) is 0 Å². The van der Waals surface area contributed by atoms with Gasteiger partial charge in [0.2, 0.25) is 0 Å². The van der Waals surface area contributed by atoms with Crippen LogP contribution in [0.5, 0.6) is 0 Å². The van der Waals surface area contributed by atoms with Crippen molar-refractivity contribution < 1.29 is 9.90 Å². The highest BCUT2D eigenvalue weighted by Gasteiger charge is 2.17. The van der Waals surface area contributed by atoms with E-state index < -0.39 is 5.97 Å². The molecule has 0 radical (unpaired) electrons. The maximum absolute atomic E-state index is 10.9. The number of aromatic nitrogens is 1. The number of carboxylic acids is 1. The molecule has 1 aromatic rings. The molecule has 1 unspecified atom stereocenters. The minimum Gasteiger partial charge on any atom is -0.480 e. The van der Waals surface area contributed by atoms with Crippen molar-refractivity contribution in [3.8, 4) is 0 Å². The highest BCUT2D eigenvalue weighted by Crippen LogP contribution is 2.20. The molecule has 0 saturated heterocycles. The third-order valence-corrected chi connectivity index (χ3v) is 3.98. The Kier molecular flexibility index (Phi) is 5.75. The molecule has 0 saturated carbocycles. The van der Waals surface area contributed by atoms with Crippen molar-refractivity contribution in [2.75, 3.05) is 6.54 Å². The predicted octanol–water partition coefficient (Wildman–Crippen LogP) is 2.84. The number of halogens is 1. The van der Waals surface area contributed by atoms with E-state index in [1.54, 1.807) is 12.4 Å². The number of carbonyl (C=O) groups is 1. The van der Waals surface area contributed by atoms with E-state index in [0.717, 1.165) is 22.0 Å². The van der Waals surface area contributed by atoms with Gasteiger partial charge in [-0.25, -0.2) is 0 Å². The molecule has 0 amide bonds. The molecule has 100 valence electrons. The lowest BCUT2D eigenvalue weighted by Crippen LogP contribution is -2.36. The zero-order valence-corrected chi connectivity index (χ0v) is 12.6. The molecule has 1 atom stereocenters. The summed E-state index contributed by atoms with van der Waals surface area (Å²) in [7, 11) is 0. The summed E-state index contributed by atoms with van der Waals surface area (Å²) in [6.07, 6.45) is 4.48. The molecule has 4 nitrogen and oxygen atoms in total. The summed E-state index contributed by atoms with van der Waals surface area (Å²) < 4.78 is 0.958. The van der Waals surface area contributed by atoms with Crippen molar-refractivity contribution in [1.82, 2.24) is 9.88 Å². The van der Waals surface area contributed by atoms with Crippen LogP contribution in [-0.2, 0) is 11.3 Å². The predicted molar refractivity (Wildman–Crippen MR) is 74.5 cm³/mol. The Morgan fingerprint density at radius 1 is 1.56 bits per heavy atom. The van der Waals surface area contributed by atoms with Crippen LogP contribution in [0.25, 0.3) is 0 Å². The van der Waals surface area contributed by atoms with Gasteiger partial charge < -0.3 is 5.11 Å². The van der Waals surface area contributed by atoms with Gasteiger partial charge in [0.15, 0.2) is 0 Å². The minimum atomic E-state index is -0.795. The zero-order valence-electron chi connectivity index (χ0n) is 11.0. The molecule has 0 bridgehead atoms. The summed E-state index contributed by atoms with van der Waals surface area (Å²) in [6.45, 7) is 6.78. The second kappa shape index (κ2) is 6.85. The molecule has 5 heteroatoms. The Morgan fingerprint density at radius 3 is 2.78 bits per heavy atom. The third kappa shape index (κ3) is 4.07. The Morgan fingerprint density at radius 2 is 2.22 bits per heavy atom. The fourth-order valence-electron chi connectivity index (χ4n) is 1.72. The first-order valence-corrected chi connectivity index (χ1v) is 6.79. The van der Waals surface area contributed by atoms with Crippen LogP contribution in [0.15, 0.2) is 16.9 Å². The van der Waals surface area contributed by atoms with Crippen LogP contribution < -0.4 is 0 Å². The van der Waals surface area contributed by atoms with E-state index in [1.165, 1.54) is 0 Å². The van der Waals surface area contributed by atoms with Crippen molar-refractivity contribution in [2.45, 2.75) is 39.8 Å². The summed E-state index contributed by atoms with van der Waals surface area (Å²) in [5.41, 5.74) is 2.18. The molecule has 18 heavy (non-hydrogen) atoms. The molecule has 0 fully saturated rings. The van der Waals surface area contributed by atoms with Crippen LogP contribution in [0.2, 0.25) is 0 Å². The van der Waals surface area contributed by atoms with E-state index in [2.05, 4.69) is 27.8 Å². The quantitative estimate of drug-likeness (QED) is 0.877. The Bertz CT molecular complexity index is 423. The first kappa shape index (κ1) is 15.1. The van der Waals surface area contributed by atoms with Crippen molar-refractivity contribution >= 4 is 21.9 Å². The van der Waals surface area contributed by atoms with Gasteiger partial charge in [0.05, 0.1) is 6.54 Å². The van der Waals surface area contributed by atoms with E-state index in [1.807, 2.05) is 18.7 Å². The summed E-state index contributed by atoms with van der Waals surface area (Å²) in [5, 5.41) is 8.96. The second-order valence-electron chi connectivity index (χ2n) is 4.46. The van der Waals surface area contributed by atoms with Crippen LogP contribution in [0, 0.1) is 6.92 Å². The number of aliphatic carboxylic acids is 1. The molecule has 0 spiro atoms. The SMILES string of the molecule is CCC(C)N(CC(=O)O)Cc1cncc(Br)c1C. The van der Waals surface area contributed by atoms with Gasteiger partial charge in [-0.1, -0.05) is 6.92 Å². The van der Waals surface area contributed by atoms with Gasteiger partial charge >= 0.3 is 5.97 Å². The van der Waals surface area contributed by atoms with Gasteiger partial charge in [0.25, 0.3) is 0 Å². The molecule has 1 rings (SSSR count). The lowest BCUT2D eigenvalue weighted by atomic mass is 10.1. The van der Waals surface area contributed by atoms with Gasteiger partial charge in [-0.05, 0) is 47.3 Å². The standard InChI is InChI=1S/C13H19BrN2O2/c1-4-9(2)16(8-13(17)18)7-11-5-15-6-12(14)10(11)3/h5-6,9H,4,7-8H2,1-3H3,(H,17,18). The van der Waals surface area contributed by atoms with Gasteiger partial charge in [0, 0.05) is 29.5 Å². The Labute approximate surface area is 116 Å². The van der Waals surface area contributed by atoms with E-state index in [4.69, 9.17) is 5.11 Å². The van der Waals surface area contributed by atoms with E-state index in [-0.39, 0.29) is 12.6 Å². The summed E-state index contributed by atoms with van der Waals surface area (Å²) in [4.78, 5) is 17.0. The average Bonchev–Trinajstić information content (AvgIpc) is 2.32. The van der Waals surface area contributed by atoms with Gasteiger partial charge in [-0.15, -0.1) is 0 Å². The molecule has 0 aliphatic rings. The smallest absolute Gasteiger partial charge is 0.317 e. The average molecular weight is 315 g/mol. The first-order valence-electron chi connectivity index (χ1n) is 6.00. The summed E-state index contributed by atoms with van der Waals surface area (Å²) in [5.74, 6) is -0.795. The molecule has 1 N–H and O–H groups in total. The fourth-order valence-corrected chi connectivity index (χ4v) is 2.09. The second-order valence-corrected chi connectivity index (χ2v) is 5.32. The number of hydrogen-bond donors (Lipinski definition) is 1. The maximum Gasteiger partial charge on any atom is 0.317 e. The van der Waals surface area contributed by atoms with Gasteiger partial charge in [-0.2, -0.15) is 0 Å². The Balaban J connectivity index is 2.88. The minimum absolute atomic E-state index is 0.0565. The number of hydrogen-bond acceptors (Lipinski definition) is 3. The maximum atomic E-state index is 10.9. The number of carboxylic acid groups (broad SMARTS) is 1. The van der Waals surface area contributed by atoms with Crippen molar-refractivity contribution in [3.63, 3.8) is 0 Å². The lowest BCUT2D eigenvalue weighted by Gasteiger charge is -2.27. The largest absolute Gasteiger partial charge is 0.480 e. The monoisotopic (exact) mass is 314 g/mol. The topological polar surface area (TPSA) is 53.4 Å². The number of pyridine rings is 1. The highest BCUT2D eigenvalue weighted by atomic mass is 79.9. The lowest BCUT2D eigenvalue weighted by molar-refractivity contribution is -0.139. The van der Waals surface area contributed by atoms with Crippen LogP contribution in [0.3, 0.4) is 0 Å². The van der Waals surface area contributed by atoms with Crippen molar-refractivity contribution in [2.24, 2.45) is 0 Å². The van der Waals surface area contributed by atoms with Crippen LogP contribution in [0.4, 0.5) is 0 Å². The van der Waals surface area contributed by atoms with Crippen LogP contribution in [0.1, 0.15) is 31.4 Å². The molecular weight excluding hydrogens is 296 g/mol. The van der Waals surface area contributed by atoms with Gasteiger partial charge in [0.1, 0.15) is 0 Å². The van der Waals surface area contributed by atoms with E-state index in [9.17, 15) is 4.79 Å². The molecule has 0 aliphatic carbocycles. The van der Waals surface area contributed by atoms with Crippen LogP contribution in [-0.4, -0.2) is 33.5 Å². The Hall–Kier alpha value is -0.940. The zero-order chi connectivity index (χ0) is 13.7. The third-order valence-electron chi connectivity index (χ3n) is 3.18. The fraction of sp³-hybridized carbons (Fsp3) is 0.538. The molecule has 1 heterocycles. The van der Waals surface area contributed by atoms with Crippen molar-refractivity contribution in [3.05, 3.63) is 28.0 Å². The van der Waals surface area contributed by atoms with Crippen LogP contribution >= 0.6 is 15.9 Å². The number of nitrogens with zero attached hydrogens (tertiary/aromatic N) is 2. The first-order chi connectivity index (χ1) is 8.45. The highest BCUT2D eigenvalue weighted by molar-refractivity contribution is 9.10. The molecule has 0 aromatic carbocycles. The summed E-state index contributed by atoms with van der Waals surface area (Å²) >= 11 is 3.44.